The van der Waals surface area contributed by atoms with E-state index < -0.39 is 17.9 Å². The van der Waals surface area contributed by atoms with Crippen molar-refractivity contribution in [1.82, 2.24) is 0 Å². The summed E-state index contributed by atoms with van der Waals surface area (Å²) in [6.07, 6.45) is 7.62. The Morgan fingerprint density at radius 1 is 1.42 bits per heavy atom. The lowest BCUT2D eigenvalue weighted by Crippen LogP contribution is -2.18. The van der Waals surface area contributed by atoms with Crippen molar-refractivity contribution in [3.8, 4) is 0 Å². The number of hydrogen-bond donors (Lipinski definition) is 1. The second kappa shape index (κ2) is 6.92. The number of aliphatic carboxylic acids is 1. The lowest BCUT2D eigenvalue weighted by atomic mass is 10.0. The van der Waals surface area contributed by atoms with Crippen LogP contribution in [0, 0.1) is 5.92 Å². The van der Waals surface area contributed by atoms with Crippen LogP contribution in [0.3, 0.4) is 0 Å². The van der Waals surface area contributed by atoms with Gasteiger partial charge in [-0.15, -0.1) is 0 Å². The van der Waals surface area contributed by atoms with Crippen LogP contribution in [0.2, 0.25) is 0 Å². The predicted molar refractivity (Wildman–Crippen MR) is 72.6 cm³/mol. The first-order valence-corrected chi connectivity index (χ1v) is 6.48. The van der Waals surface area contributed by atoms with Gasteiger partial charge in [0.15, 0.2) is 6.10 Å². The molecule has 4 nitrogen and oxygen atoms in total. The van der Waals surface area contributed by atoms with E-state index in [0.717, 1.165) is 6.42 Å². The third-order valence-electron chi connectivity index (χ3n) is 2.63. The van der Waals surface area contributed by atoms with Gasteiger partial charge in [-0.2, -0.15) is 0 Å². The Hall–Kier alpha value is -1.84. The molecule has 0 aromatic heterocycles. The van der Waals surface area contributed by atoms with Gasteiger partial charge in [-0.1, -0.05) is 39.0 Å². The molecule has 1 atom stereocenters. The highest BCUT2D eigenvalue weighted by atomic mass is 16.5. The van der Waals surface area contributed by atoms with Crippen molar-refractivity contribution in [1.29, 1.82) is 0 Å². The van der Waals surface area contributed by atoms with Gasteiger partial charge in [0.25, 0.3) is 0 Å². The highest BCUT2D eigenvalue weighted by Crippen LogP contribution is 2.28. The van der Waals surface area contributed by atoms with Gasteiger partial charge in [-0.3, -0.25) is 4.79 Å². The third kappa shape index (κ3) is 4.09. The van der Waals surface area contributed by atoms with Crippen LogP contribution in [0.5, 0.6) is 0 Å². The van der Waals surface area contributed by atoms with Gasteiger partial charge in [0.1, 0.15) is 11.3 Å². The fourth-order valence-corrected chi connectivity index (χ4v) is 1.80. The molecule has 1 heterocycles. The largest absolute Gasteiger partial charge is 0.481 e. The minimum atomic E-state index is -1.21. The van der Waals surface area contributed by atoms with E-state index in [2.05, 4.69) is 0 Å². The van der Waals surface area contributed by atoms with E-state index in [1.54, 1.807) is 12.2 Å². The summed E-state index contributed by atoms with van der Waals surface area (Å²) in [5.74, 6) is -1.15. The number of carboxylic acids is 1. The maximum Gasteiger partial charge on any atom is 0.342 e. The number of carbonyl (C=O) groups is 2. The maximum absolute atomic E-state index is 12.0. The number of Topliss-reactive ketones (excluding diaryl/α,β-unsaturated/α-hetero) is 1. The number of hydrogen-bond acceptors (Lipinski definition) is 3. The summed E-state index contributed by atoms with van der Waals surface area (Å²) in [6, 6.07) is 0. The third-order valence-corrected chi connectivity index (χ3v) is 2.63. The molecule has 0 radical (unpaired) electrons. The fraction of sp³-hybridized carbons (Fsp3) is 0.467. The molecule has 1 rings (SSSR count). The summed E-state index contributed by atoms with van der Waals surface area (Å²) in [5.41, 5.74) is -0.206. The van der Waals surface area contributed by atoms with Gasteiger partial charge >= 0.3 is 5.97 Å². The van der Waals surface area contributed by atoms with E-state index in [-0.39, 0.29) is 11.5 Å². The highest BCUT2D eigenvalue weighted by Gasteiger charge is 2.37. The van der Waals surface area contributed by atoms with Crippen molar-refractivity contribution < 1.29 is 19.4 Å². The Bertz CT molecular complexity index is 441. The van der Waals surface area contributed by atoms with Crippen molar-refractivity contribution in [3.63, 3.8) is 0 Å². The topological polar surface area (TPSA) is 63.6 Å². The maximum atomic E-state index is 12.0. The first-order chi connectivity index (χ1) is 8.97. The summed E-state index contributed by atoms with van der Waals surface area (Å²) >= 11 is 0. The van der Waals surface area contributed by atoms with Crippen LogP contribution >= 0.6 is 0 Å². The van der Waals surface area contributed by atoms with Gasteiger partial charge in [-0.25, -0.2) is 4.79 Å². The Morgan fingerprint density at radius 2 is 2.11 bits per heavy atom. The number of ether oxygens (including phenoxy) is 1. The Kier molecular flexibility index (Phi) is 5.55. The number of carbonyl (C=O) groups excluding carboxylic acids is 1. The number of allylic oxidation sites excluding steroid dienone is 4. The lowest BCUT2D eigenvalue weighted by molar-refractivity contribution is -0.134. The molecule has 0 fully saturated rings. The molecule has 0 spiro atoms. The van der Waals surface area contributed by atoms with Crippen molar-refractivity contribution in [3.05, 3.63) is 35.6 Å². The molecular weight excluding hydrogens is 244 g/mol. The average molecular weight is 264 g/mol. The van der Waals surface area contributed by atoms with E-state index in [9.17, 15) is 9.59 Å². The van der Waals surface area contributed by atoms with Crippen LogP contribution in [-0.4, -0.2) is 23.0 Å². The lowest BCUT2D eigenvalue weighted by Gasteiger charge is -2.09. The molecule has 4 heteroatoms. The average Bonchev–Trinajstić information content (AvgIpc) is 2.60. The molecule has 1 N–H and O–H groups in total. The summed E-state index contributed by atoms with van der Waals surface area (Å²) in [7, 11) is 0. The Labute approximate surface area is 113 Å². The molecule has 1 unspecified atom stereocenters. The quantitative estimate of drug-likeness (QED) is 0.592. The van der Waals surface area contributed by atoms with Crippen LogP contribution in [0.1, 0.15) is 33.6 Å². The molecule has 1 aliphatic heterocycles. The van der Waals surface area contributed by atoms with Crippen LogP contribution in [0.25, 0.3) is 0 Å². The summed E-state index contributed by atoms with van der Waals surface area (Å²) in [5, 5.41) is 9.10. The minimum absolute atomic E-state index is 0.206. The molecule has 104 valence electrons. The van der Waals surface area contributed by atoms with E-state index in [4.69, 9.17) is 9.84 Å². The highest BCUT2D eigenvalue weighted by molar-refractivity contribution is 6.20. The zero-order valence-corrected chi connectivity index (χ0v) is 11.6. The smallest absolute Gasteiger partial charge is 0.342 e. The van der Waals surface area contributed by atoms with Gasteiger partial charge in [0.2, 0.25) is 5.78 Å². The van der Waals surface area contributed by atoms with E-state index in [0.29, 0.717) is 12.2 Å². The summed E-state index contributed by atoms with van der Waals surface area (Å²) < 4.78 is 5.47. The zero-order chi connectivity index (χ0) is 14.4. The number of carboxylic acid groups (broad SMARTS) is 1. The van der Waals surface area contributed by atoms with Crippen molar-refractivity contribution >= 4 is 11.8 Å². The fourth-order valence-electron chi connectivity index (χ4n) is 1.80. The molecule has 0 aromatic rings. The van der Waals surface area contributed by atoms with E-state index in [1.807, 2.05) is 32.9 Å². The minimum Gasteiger partial charge on any atom is -0.481 e. The van der Waals surface area contributed by atoms with E-state index >= 15 is 0 Å². The molecule has 1 aliphatic rings. The molecule has 0 saturated heterocycles. The molecular formula is C15H20O4. The van der Waals surface area contributed by atoms with Crippen molar-refractivity contribution in [2.75, 3.05) is 0 Å². The van der Waals surface area contributed by atoms with Crippen molar-refractivity contribution in [2.45, 2.75) is 39.7 Å². The second-order valence-corrected chi connectivity index (χ2v) is 4.83. The summed E-state index contributed by atoms with van der Waals surface area (Å²) in [6.45, 7) is 5.91. The normalized spacial score (nSPS) is 20.0. The van der Waals surface area contributed by atoms with Gasteiger partial charge in [-0.05, 0) is 18.4 Å². The van der Waals surface area contributed by atoms with Crippen molar-refractivity contribution in [2.24, 2.45) is 5.92 Å². The Balaban J connectivity index is 2.85. The first-order valence-electron chi connectivity index (χ1n) is 6.48. The van der Waals surface area contributed by atoms with Crippen LogP contribution in [0.4, 0.5) is 0 Å². The van der Waals surface area contributed by atoms with Gasteiger partial charge < -0.3 is 9.84 Å². The zero-order valence-electron chi connectivity index (χ0n) is 11.6. The van der Waals surface area contributed by atoms with Gasteiger partial charge in [0.05, 0.1) is 0 Å². The molecule has 0 aromatic carbocycles. The number of rotatable bonds is 6. The summed E-state index contributed by atoms with van der Waals surface area (Å²) in [4.78, 5) is 23.1. The second-order valence-electron chi connectivity index (χ2n) is 4.83. The van der Waals surface area contributed by atoms with E-state index in [1.165, 1.54) is 0 Å². The molecule has 0 amide bonds. The predicted octanol–water partition coefficient (Wildman–Crippen LogP) is 2.86. The number of ketones is 1. The van der Waals surface area contributed by atoms with Crippen LogP contribution in [-0.2, 0) is 14.3 Å². The van der Waals surface area contributed by atoms with Crippen LogP contribution < -0.4 is 0 Å². The molecule has 0 saturated carbocycles. The van der Waals surface area contributed by atoms with Crippen LogP contribution in [0.15, 0.2) is 35.6 Å². The SMILES string of the molecule is CC/C=C/C=C/C1OC(CC(C)C)=C(C(=O)O)C1=O. The molecule has 0 aliphatic carbocycles. The first kappa shape index (κ1) is 15.2. The standard InChI is InChI=1S/C15H20O4/c1-4-5-6-7-8-11-14(16)13(15(17)18)12(19-11)9-10(2)3/h5-8,10-11H,4,9H2,1-3H3,(H,17,18)/b6-5+,8-7+. The molecule has 19 heavy (non-hydrogen) atoms. The monoisotopic (exact) mass is 264 g/mol. The molecule has 0 bridgehead atoms. The Morgan fingerprint density at radius 3 is 2.63 bits per heavy atom. The van der Waals surface area contributed by atoms with Gasteiger partial charge in [0, 0.05) is 6.42 Å².